The molecule has 5 N–H and O–H groups in total. The molecule has 0 unspecified atom stereocenters. The van der Waals surface area contributed by atoms with Crippen LogP contribution in [0.25, 0.3) is 0 Å². The van der Waals surface area contributed by atoms with Gasteiger partial charge in [0.25, 0.3) is 0 Å². The van der Waals surface area contributed by atoms with Gasteiger partial charge in [-0.2, -0.15) is 0 Å². The Balaban J connectivity index is 1.95. The molecule has 2 rings (SSSR count). The van der Waals surface area contributed by atoms with Gasteiger partial charge in [-0.1, -0.05) is 44.2 Å². The summed E-state index contributed by atoms with van der Waals surface area (Å²) in [6, 6.07) is 9.63. The zero-order valence-electron chi connectivity index (χ0n) is 13.7. The molecule has 1 heterocycles. The Morgan fingerprint density at radius 3 is 2.57 bits per heavy atom. The summed E-state index contributed by atoms with van der Waals surface area (Å²) in [6.45, 7) is 5.11. The van der Waals surface area contributed by atoms with Gasteiger partial charge >= 0.3 is 0 Å². The molecule has 0 saturated carbocycles. The first kappa shape index (κ1) is 17.9. The third kappa shape index (κ3) is 5.00. The number of benzene rings is 1. The minimum absolute atomic E-state index is 0.0159. The molecule has 1 aliphatic rings. The number of rotatable bonds is 7. The molecule has 1 aromatic rings. The molecule has 4 atom stereocenters. The van der Waals surface area contributed by atoms with Crippen molar-refractivity contribution in [3.63, 3.8) is 0 Å². The summed E-state index contributed by atoms with van der Waals surface area (Å²) < 4.78 is 0. The Morgan fingerprint density at radius 1 is 1.30 bits per heavy atom. The topological polar surface area (TPSA) is 93.6 Å². The molecule has 6 heteroatoms. The third-order valence-electron chi connectivity index (χ3n) is 4.19. The average molecular weight is 321 g/mol. The monoisotopic (exact) mass is 321 g/mol. The second-order valence-electron chi connectivity index (χ2n) is 6.34. The first-order chi connectivity index (χ1) is 11.0. The Hall–Kier alpha value is -1.47. The van der Waals surface area contributed by atoms with Crippen LogP contribution in [0.2, 0.25) is 0 Å². The number of β-amino-alcohol motifs (C(OH)–C–C–N with tert-alkyl or cyclic N) is 1. The van der Waals surface area contributed by atoms with Crippen molar-refractivity contribution in [2.24, 2.45) is 5.92 Å². The van der Waals surface area contributed by atoms with Crippen LogP contribution in [0.4, 0.5) is 0 Å². The van der Waals surface area contributed by atoms with Gasteiger partial charge in [-0.15, -0.1) is 0 Å². The van der Waals surface area contributed by atoms with Gasteiger partial charge in [0.15, 0.2) is 0 Å². The summed E-state index contributed by atoms with van der Waals surface area (Å²) in [6.07, 6.45) is -1.50. The van der Waals surface area contributed by atoms with Crippen molar-refractivity contribution in [2.75, 3.05) is 19.6 Å². The van der Waals surface area contributed by atoms with Crippen LogP contribution in [-0.4, -0.2) is 54.0 Å². The molecule has 6 nitrogen and oxygen atoms in total. The first-order valence-corrected chi connectivity index (χ1v) is 8.14. The fraction of sp³-hybridized carbons (Fsp3) is 0.588. The molecular weight excluding hydrogens is 294 g/mol. The second-order valence-corrected chi connectivity index (χ2v) is 6.34. The fourth-order valence-corrected chi connectivity index (χ4v) is 2.64. The van der Waals surface area contributed by atoms with E-state index in [1.165, 1.54) is 0 Å². The summed E-state index contributed by atoms with van der Waals surface area (Å²) >= 11 is 0. The van der Waals surface area contributed by atoms with E-state index in [-0.39, 0.29) is 23.9 Å². The van der Waals surface area contributed by atoms with E-state index in [0.29, 0.717) is 19.6 Å². The predicted octanol–water partition coefficient (Wildman–Crippen LogP) is -0.217. The number of amides is 1. The van der Waals surface area contributed by atoms with E-state index in [4.69, 9.17) is 0 Å². The number of nitrogens with one attached hydrogen (secondary N) is 3. The van der Waals surface area contributed by atoms with E-state index < -0.39 is 12.2 Å². The van der Waals surface area contributed by atoms with Gasteiger partial charge < -0.3 is 26.2 Å². The van der Waals surface area contributed by atoms with Crippen LogP contribution in [0.3, 0.4) is 0 Å². The van der Waals surface area contributed by atoms with E-state index in [1.54, 1.807) is 0 Å². The number of hydrogen-bond acceptors (Lipinski definition) is 5. The molecule has 1 aromatic carbocycles. The molecular formula is C17H27N3O3. The number of hydrogen-bond donors (Lipinski definition) is 5. The molecule has 0 bridgehead atoms. The van der Waals surface area contributed by atoms with Crippen molar-refractivity contribution in [2.45, 2.75) is 38.1 Å². The minimum Gasteiger partial charge on any atom is -0.389 e. The molecule has 0 aliphatic carbocycles. The molecule has 1 aliphatic heterocycles. The molecule has 1 amide bonds. The predicted molar refractivity (Wildman–Crippen MR) is 88.8 cm³/mol. The van der Waals surface area contributed by atoms with Crippen molar-refractivity contribution in [1.29, 1.82) is 0 Å². The van der Waals surface area contributed by atoms with Gasteiger partial charge in [-0.3, -0.25) is 4.79 Å². The van der Waals surface area contributed by atoms with Crippen molar-refractivity contribution in [3.8, 4) is 0 Å². The quantitative estimate of drug-likeness (QED) is 0.479. The van der Waals surface area contributed by atoms with Crippen LogP contribution in [0.5, 0.6) is 0 Å². The first-order valence-electron chi connectivity index (χ1n) is 8.14. The summed E-state index contributed by atoms with van der Waals surface area (Å²) in [4.78, 5) is 11.8. The molecule has 0 aromatic heterocycles. The summed E-state index contributed by atoms with van der Waals surface area (Å²) in [5.41, 5.74) is 1.07. The van der Waals surface area contributed by atoms with E-state index in [2.05, 4.69) is 16.0 Å². The summed E-state index contributed by atoms with van der Waals surface area (Å²) in [7, 11) is 0. The smallest absolute Gasteiger partial charge is 0.222 e. The number of aliphatic hydroxyl groups excluding tert-OH is 2. The van der Waals surface area contributed by atoms with Crippen LogP contribution >= 0.6 is 0 Å². The maximum Gasteiger partial charge on any atom is 0.222 e. The standard InChI is InChI=1S/C17H27N3O3/c1-11(2)17(23)20-8-13(12-6-4-3-5-7-12)18-9-14-16(22)15(21)10-19-14/h3-7,11,13-16,18-19,21-22H,8-10H2,1-2H3,(H,20,23)/t13-,14+,15-,16+/m0/s1. The van der Waals surface area contributed by atoms with Crippen molar-refractivity contribution < 1.29 is 15.0 Å². The lowest BCUT2D eigenvalue weighted by atomic mass is 10.1. The lowest BCUT2D eigenvalue weighted by Crippen LogP contribution is -2.45. The SMILES string of the molecule is CC(C)C(=O)NC[C@H](NC[C@H]1NC[C@H](O)[C@@H]1O)c1ccccc1. The van der Waals surface area contributed by atoms with Gasteiger partial charge in [0.2, 0.25) is 5.91 Å². The van der Waals surface area contributed by atoms with E-state index in [0.717, 1.165) is 5.56 Å². The van der Waals surface area contributed by atoms with Crippen molar-refractivity contribution in [3.05, 3.63) is 35.9 Å². The van der Waals surface area contributed by atoms with Crippen molar-refractivity contribution in [1.82, 2.24) is 16.0 Å². The Morgan fingerprint density at radius 2 is 2.00 bits per heavy atom. The average Bonchev–Trinajstić information content (AvgIpc) is 2.87. The maximum absolute atomic E-state index is 11.8. The molecule has 1 fully saturated rings. The maximum atomic E-state index is 11.8. The van der Waals surface area contributed by atoms with Crippen LogP contribution < -0.4 is 16.0 Å². The van der Waals surface area contributed by atoms with Crippen LogP contribution in [-0.2, 0) is 4.79 Å². The van der Waals surface area contributed by atoms with E-state index >= 15 is 0 Å². The molecule has 128 valence electrons. The highest BCUT2D eigenvalue weighted by Crippen LogP contribution is 2.14. The number of carbonyl (C=O) groups excluding carboxylic acids is 1. The third-order valence-corrected chi connectivity index (χ3v) is 4.19. The highest BCUT2D eigenvalue weighted by Gasteiger charge is 2.33. The fourth-order valence-electron chi connectivity index (χ4n) is 2.64. The van der Waals surface area contributed by atoms with Gasteiger partial charge in [0.05, 0.1) is 12.2 Å². The molecule has 1 saturated heterocycles. The van der Waals surface area contributed by atoms with Crippen LogP contribution in [0.1, 0.15) is 25.5 Å². The van der Waals surface area contributed by atoms with Gasteiger partial charge in [-0.25, -0.2) is 0 Å². The molecule has 0 spiro atoms. The number of carbonyl (C=O) groups is 1. The molecule has 0 radical (unpaired) electrons. The highest BCUT2D eigenvalue weighted by molar-refractivity contribution is 5.77. The number of aliphatic hydroxyl groups is 2. The van der Waals surface area contributed by atoms with Crippen LogP contribution in [0.15, 0.2) is 30.3 Å². The second kappa shape index (κ2) is 8.40. The Labute approximate surface area is 137 Å². The largest absolute Gasteiger partial charge is 0.389 e. The Bertz CT molecular complexity index is 495. The van der Waals surface area contributed by atoms with Crippen molar-refractivity contribution >= 4 is 5.91 Å². The lowest BCUT2D eigenvalue weighted by molar-refractivity contribution is -0.124. The molecule has 23 heavy (non-hydrogen) atoms. The summed E-state index contributed by atoms with van der Waals surface area (Å²) in [5, 5.41) is 28.9. The van der Waals surface area contributed by atoms with Crippen LogP contribution in [0, 0.1) is 5.92 Å². The highest BCUT2D eigenvalue weighted by atomic mass is 16.3. The normalized spacial score (nSPS) is 25.5. The van der Waals surface area contributed by atoms with Gasteiger partial charge in [0.1, 0.15) is 0 Å². The van der Waals surface area contributed by atoms with Gasteiger partial charge in [0, 0.05) is 37.6 Å². The summed E-state index contributed by atoms with van der Waals surface area (Å²) in [5.74, 6) is -0.0397. The van der Waals surface area contributed by atoms with E-state index in [9.17, 15) is 15.0 Å². The zero-order chi connectivity index (χ0) is 16.8. The van der Waals surface area contributed by atoms with E-state index in [1.807, 2.05) is 44.2 Å². The Kier molecular flexibility index (Phi) is 6.53. The van der Waals surface area contributed by atoms with Gasteiger partial charge in [-0.05, 0) is 5.56 Å². The minimum atomic E-state index is -0.774. The zero-order valence-corrected chi connectivity index (χ0v) is 13.7. The lowest BCUT2D eigenvalue weighted by Gasteiger charge is -2.24.